The van der Waals surface area contributed by atoms with E-state index >= 15 is 0 Å². The van der Waals surface area contributed by atoms with Crippen molar-refractivity contribution in [2.24, 2.45) is 0 Å². The van der Waals surface area contributed by atoms with Gasteiger partial charge in [0, 0.05) is 16.3 Å². The van der Waals surface area contributed by atoms with Gasteiger partial charge in [-0.1, -0.05) is 17.7 Å². The molecule has 0 aliphatic rings. The van der Waals surface area contributed by atoms with E-state index in [9.17, 15) is 14.4 Å². The number of rotatable bonds is 7. The van der Waals surface area contributed by atoms with E-state index < -0.39 is 18.0 Å². The fraction of sp³-hybridized carbons (Fsp3) is 0.211. The molecule has 0 fully saturated rings. The number of carbonyl (C=O) groups excluding carboxylic acids is 3. The Morgan fingerprint density at radius 3 is 2.54 bits per heavy atom. The lowest BCUT2D eigenvalue weighted by atomic mass is 10.2. The van der Waals surface area contributed by atoms with Crippen LogP contribution in [0.2, 0.25) is 5.02 Å². The average Bonchev–Trinajstić information content (AvgIpc) is 2.63. The van der Waals surface area contributed by atoms with Gasteiger partial charge in [0.2, 0.25) is 0 Å². The molecule has 6 nitrogen and oxygen atoms in total. The van der Waals surface area contributed by atoms with E-state index in [1.807, 2.05) is 6.92 Å². The van der Waals surface area contributed by atoms with Crippen molar-refractivity contribution in [1.29, 1.82) is 0 Å². The van der Waals surface area contributed by atoms with Crippen molar-refractivity contribution >= 4 is 35.5 Å². The molecule has 136 valence electrons. The minimum absolute atomic E-state index is 0.353. The van der Waals surface area contributed by atoms with Gasteiger partial charge in [0.1, 0.15) is 12.0 Å². The van der Waals surface area contributed by atoms with Gasteiger partial charge in [0.25, 0.3) is 5.91 Å². The van der Waals surface area contributed by atoms with Crippen LogP contribution in [0.4, 0.5) is 5.69 Å². The maximum Gasteiger partial charge on any atom is 0.344 e. The zero-order valence-electron chi connectivity index (χ0n) is 14.3. The van der Waals surface area contributed by atoms with Crippen LogP contribution in [0, 0.1) is 6.92 Å². The topological polar surface area (TPSA) is 81.7 Å². The van der Waals surface area contributed by atoms with Crippen molar-refractivity contribution in [3.8, 4) is 5.75 Å². The van der Waals surface area contributed by atoms with Gasteiger partial charge in [-0.05, 0) is 55.8 Å². The molecule has 1 atom stereocenters. The fourth-order valence-corrected chi connectivity index (χ4v) is 2.20. The number of ether oxygens (including phenoxy) is 2. The Labute approximate surface area is 156 Å². The van der Waals surface area contributed by atoms with Crippen molar-refractivity contribution in [2.75, 3.05) is 11.9 Å². The molecule has 0 spiro atoms. The van der Waals surface area contributed by atoms with Crippen LogP contribution in [0.15, 0.2) is 42.5 Å². The highest BCUT2D eigenvalue weighted by Crippen LogP contribution is 2.20. The largest absolute Gasteiger partial charge is 0.482 e. The first kappa shape index (κ1) is 19.5. The highest BCUT2D eigenvalue weighted by atomic mass is 35.5. The van der Waals surface area contributed by atoms with Gasteiger partial charge in [0.05, 0.1) is 0 Å². The Morgan fingerprint density at radius 2 is 1.88 bits per heavy atom. The van der Waals surface area contributed by atoms with Crippen LogP contribution in [-0.4, -0.2) is 30.9 Å². The first-order chi connectivity index (χ1) is 12.4. The zero-order valence-corrected chi connectivity index (χ0v) is 15.1. The molecule has 0 heterocycles. The fourth-order valence-electron chi connectivity index (χ4n) is 2.03. The number of halogens is 1. The number of hydrogen-bond donors (Lipinski definition) is 1. The van der Waals surface area contributed by atoms with Crippen molar-refractivity contribution < 1.29 is 23.9 Å². The molecule has 0 radical (unpaired) electrons. The van der Waals surface area contributed by atoms with Crippen LogP contribution in [0.3, 0.4) is 0 Å². The van der Waals surface area contributed by atoms with E-state index in [0.717, 1.165) is 5.56 Å². The molecular formula is C19H18ClNO5. The van der Waals surface area contributed by atoms with E-state index in [4.69, 9.17) is 21.1 Å². The monoisotopic (exact) mass is 375 g/mol. The molecule has 7 heteroatoms. The second-order valence-corrected chi connectivity index (χ2v) is 5.99. The van der Waals surface area contributed by atoms with Gasteiger partial charge in [-0.3, -0.25) is 9.59 Å². The number of hydrogen-bond acceptors (Lipinski definition) is 5. The Bertz CT molecular complexity index is 804. The minimum atomic E-state index is -0.998. The third-order valence-electron chi connectivity index (χ3n) is 3.51. The van der Waals surface area contributed by atoms with Gasteiger partial charge < -0.3 is 14.8 Å². The molecule has 0 saturated carbocycles. The van der Waals surface area contributed by atoms with Crippen LogP contribution in [0.25, 0.3) is 0 Å². The summed E-state index contributed by atoms with van der Waals surface area (Å²) in [7, 11) is 0. The maximum absolute atomic E-state index is 12.2. The van der Waals surface area contributed by atoms with Crippen LogP contribution < -0.4 is 10.1 Å². The molecule has 2 aromatic rings. The molecule has 26 heavy (non-hydrogen) atoms. The number of benzene rings is 2. The van der Waals surface area contributed by atoms with Gasteiger partial charge in [-0.2, -0.15) is 0 Å². The summed E-state index contributed by atoms with van der Waals surface area (Å²) in [5.74, 6) is -0.742. The molecule has 1 amide bonds. The van der Waals surface area contributed by atoms with E-state index in [0.29, 0.717) is 28.3 Å². The second kappa shape index (κ2) is 9.01. The SMILES string of the molecule is Cc1ccc(Cl)cc1NC(=O)[C@@H](C)OC(=O)COc1ccc(C=O)cc1. The number of anilines is 1. The normalized spacial score (nSPS) is 11.3. The van der Waals surface area contributed by atoms with Crippen molar-refractivity contribution in [1.82, 2.24) is 0 Å². The van der Waals surface area contributed by atoms with Crippen molar-refractivity contribution in [2.45, 2.75) is 20.0 Å². The molecule has 0 aliphatic carbocycles. The minimum Gasteiger partial charge on any atom is -0.482 e. The summed E-state index contributed by atoms with van der Waals surface area (Å²) in [4.78, 5) is 34.6. The molecule has 0 aromatic heterocycles. The third-order valence-corrected chi connectivity index (χ3v) is 3.74. The Balaban J connectivity index is 1.84. The maximum atomic E-state index is 12.2. The molecule has 0 saturated heterocycles. The lowest BCUT2D eigenvalue weighted by Gasteiger charge is -2.15. The molecular weight excluding hydrogens is 358 g/mol. The summed E-state index contributed by atoms with van der Waals surface area (Å²) in [5.41, 5.74) is 1.89. The third kappa shape index (κ3) is 5.60. The molecule has 1 N–H and O–H groups in total. The van der Waals surface area contributed by atoms with Crippen molar-refractivity contribution in [3.63, 3.8) is 0 Å². The van der Waals surface area contributed by atoms with E-state index in [2.05, 4.69) is 5.32 Å². The van der Waals surface area contributed by atoms with Crippen molar-refractivity contribution in [3.05, 3.63) is 58.6 Å². The number of nitrogens with one attached hydrogen (secondary N) is 1. The number of aldehydes is 1. The van der Waals surface area contributed by atoms with E-state index in [1.54, 1.807) is 42.5 Å². The molecule has 0 unspecified atom stereocenters. The Kier molecular flexibility index (Phi) is 6.74. The Hall–Kier alpha value is -2.86. The van der Waals surface area contributed by atoms with Crippen LogP contribution in [-0.2, 0) is 14.3 Å². The summed E-state index contributed by atoms with van der Waals surface area (Å²) in [6.45, 7) is 2.94. The van der Waals surface area contributed by atoms with Gasteiger partial charge in [-0.15, -0.1) is 0 Å². The lowest BCUT2D eigenvalue weighted by Crippen LogP contribution is -2.31. The summed E-state index contributed by atoms with van der Waals surface area (Å²) in [6.07, 6.45) is -0.290. The summed E-state index contributed by atoms with van der Waals surface area (Å²) in [5, 5.41) is 3.16. The lowest BCUT2D eigenvalue weighted by molar-refractivity contribution is -0.155. The molecule has 0 bridgehead atoms. The first-order valence-electron chi connectivity index (χ1n) is 7.83. The Morgan fingerprint density at radius 1 is 1.19 bits per heavy atom. The summed E-state index contributed by atoms with van der Waals surface area (Å²) >= 11 is 5.91. The van der Waals surface area contributed by atoms with Crippen LogP contribution >= 0.6 is 11.6 Å². The molecule has 0 aliphatic heterocycles. The average molecular weight is 376 g/mol. The molecule has 2 rings (SSSR count). The standard InChI is InChI=1S/C19H18ClNO5/c1-12-3-6-15(20)9-17(12)21-19(24)13(2)26-18(23)11-25-16-7-4-14(10-22)5-8-16/h3-10,13H,11H2,1-2H3,(H,21,24)/t13-/m1/s1. The van der Waals surface area contributed by atoms with E-state index in [1.165, 1.54) is 6.92 Å². The predicted molar refractivity (Wildman–Crippen MR) is 97.7 cm³/mol. The van der Waals surface area contributed by atoms with Gasteiger partial charge in [0.15, 0.2) is 12.7 Å². The number of esters is 1. The summed E-state index contributed by atoms with van der Waals surface area (Å²) < 4.78 is 10.3. The summed E-state index contributed by atoms with van der Waals surface area (Å²) in [6, 6.07) is 11.4. The zero-order chi connectivity index (χ0) is 19.1. The smallest absolute Gasteiger partial charge is 0.344 e. The predicted octanol–water partition coefficient (Wildman–Crippen LogP) is 3.41. The molecule has 2 aromatic carbocycles. The number of carbonyl (C=O) groups is 3. The van der Waals surface area contributed by atoms with E-state index in [-0.39, 0.29) is 6.61 Å². The van der Waals surface area contributed by atoms with Gasteiger partial charge >= 0.3 is 5.97 Å². The first-order valence-corrected chi connectivity index (χ1v) is 8.21. The van der Waals surface area contributed by atoms with Crippen LogP contribution in [0.1, 0.15) is 22.8 Å². The highest BCUT2D eigenvalue weighted by molar-refractivity contribution is 6.31. The number of amides is 1. The van der Waals surface area contributed by atoms with Crippen LogP contribution in [0.5, 0.6) is 5.75 Å². The second-order valence-electron chi connectivity index (χ2n) is 5.56. The van der Waals surface area contributed by atoms with Gasteiger partial charge in [-0.25, -0.2) is 4.79 Å². The number of aryl methyl sites for hydroxylation is 1. The quantitative estimate of drug-likeness (QED) is 0.592. The highest BCUT2D eigenvalue weighted by Gasteiger charge is 2.19.